The minimum absolute atomic E-state index is 0. The number of guanidine groups is 1. The predicted octanol–water partition coefficient (Wildman–Crippen LogP) is 3.86. The summed E-state index contributed by atoms with van der Waals surface area (Å²) >= 11 is 1.85. The van der Waals surface area contributed by atoms with Gasteiger partial charge >= 0.3 is 0 Å². The Bertz CT molecular complexity index is 652. The Balaban J connectivity index is 0.00000288. The number of nitrogens with one attached hydrogen (secondary N) is 2. The zero-order valence-electron chi connectivity index (χ0n) is 14.8. The van der Waals surface area contributed by atoms with Crippen LogP contribution >= 0.6 is 35.3 Å². The van der Waals surface area contributed by atoms with Crippen LogP contribution in [0.25, 0.3) is 0 Å². The molecular formula is C18H27IN4S. The Labute approximate surface area is 166 Å². The smallest absolute Gasteiger partial charge is 0.191 e. The average Bonchev–Trinajstić information content (AvgIpc) is 3.03. The van der Waals surface area contributed by atoms with Gasteiger partial charge in [0.2, 0.25) is 0 Å². The van der Waals surface area contributed by atoms with Crippen molar-refractivity contribution in [3.05, 3.63) is 51.7 Å². The minimum atomic E-state index is 0. The van der Waals surface area contributed by atoms with Crippen molar-refractivity contribution in [3.8, 4) is 0 Å². The van der Waals surface area contributed by atoms with E-state index in [1.807, 2.05) is 11.3 Å². The second kappa shape index (κ2) is 10.6. The number of hydrogen-bond donors (Lipinski definition) is 2. The molecule has 0 aliphatic heterocycles. The molecule has 132 valence electrons. The van der Waals surface area contributed by atoms with Crippen molar-refractivity contribution in [2.75, 3.05) is 26.0 Å². The molecular weight excluding hydrogens is 431 g/mol. The molecule has 0 saturated heterocycles. The molecule has 1 aromatic carbocycles. The molecule has 2 N–H and O–H groups in total. The molecule has 0 atom stereocenters. The first-order valence-electron chi connectivity index (χ1n) is 7.90. The summed E-state index contributed by atoms with van der Waals surface area (Å²) in [6.45, 7) is 3.75. The van der Waals surface area contributed by atoms with Crippen molar-refractivity contribution in [1.29, 1.82) is 0 Å². The quantitative estimate of drug-likeness (QED) is 0.393. The van der Waals surface area contributed by atoms with E-state index >= 15 is 0 Å². The Morgan fingerprint density at radius 2 is 1.79 bits per heavy atom. The van der Waals surface area contributed by atoms with Crippen LogP contribution in [0.5, 0.6) is 0 Å². The maximum Gasteiger partial charge on any atom is 0.191 e. The van der Waals surface area contributed by atoms with E-state index in [1.165, 1.54) is 21.0 Å². The number of hydrogen-bond acceptors (Lipinski definition) is 3. The number of thiophene rings is 1. The highest BCUT2D eigenvalue weighted by molar-refractivity contribution is 14.0. The number of benzene rings is 1. The zero-order valence-corrected chi connectivity index (χ0v) is 17.9. The van der Waals surface area contributed by atoms with Crippen molar-refractivity contribution in [1.82, 2.24) is 10.6 Å². The molecule has 24 heavy (non-hydrogen) atoms. The number of nitrogens with zero attached hydrogens (tertiary/aromatic N) is 2. The summed E-state index contributed by atoms with van der Waals surface area (Å²) in [4.78, 5) is 9.16. The lowest BCUT2D eigenvalue weighted by molar-refractivity contribution is 0.815. The number of rotatable bonds is 6. The molecule has 0 radical (unpaired) electrons. The van der Waals surface area contributed by atoms with Crippen LogP contribution in [0.2, 0.25) is 0 Å². The molecule has 6 heteroatoms. The lowest BCUT2D eigenvalue weighted by atomic mass is 10.2. The van der Waals surface area contributed by atoms with Gasteiger partial charge in [0, 0.05) is 43.1 Å². The number of aliphatic imine (C=N–C) groups is 1. The van der Waals surface area contributed by atoms with Crippen molar-refractivity contribution >= 4 is 47.0 Å². The van der Waals surface area contributed by atoms with Gasteiger partial charge in [-0.25, -0.2) is 0 Å². The molecule has 1 aromatic heterocycles. The van der Waals surface area contributed by atoms with Crippen molar-refractivity contribution in [2.45, 2.75) is 26.4 Å². The molecule has 2 rings (SSSR count). The second-order valence-electron chi connectivity index (χ2n) is 5.57. The summed E-state index contributed by atoms with van der Waals surface area (Å²) in [5, 5.41) is 6.74. The van der Waals surface area contributed by atoms with Gasteiger partial charge in [0.1, 0.15) is 0 Å². The molecule has 0 saturated carbocycles. The normalized spacial score (nSPS) is 10.9. The van der Waals surface area contributed by atoms with Gasteiger partial charge in [-0.1, -0.05) is 19.1 Å². The fourth-order valence-electron chi connectivity index (χ4n) is 2.23. The van der Waals surface area contributed by atoms with Gasteiger partial charge in [-0.05, 0) is 36.2 Å². The van der Waals surface area contributed by atoms with Crippen LogP contribution in [0, 0.1) is 0 Å². The predicted molar refractivity (Wildman–Crippen MR) is 117 cm³/mol. The molecule has 0 unspecified atom stereocenters. The van der Waals surface area contributed by atoms with Gasteiger partial charge in [-0.2, -0.15) is 0 Å². The van der Waals surface area contributed by atoms with Crippen LogP contribution in [0.15, 0.2) is 41.4 Å². The van der Waals surface area contributed by atoms with E-state index in [4.69, 9.17) is 0 Å². The largest absolute Gasteiger partial charge is 0.378 e. The summed E-state index contributed by atoms with van der Waals surface area (Å²) in [5.41, 5.74) is 2.45. The summed E-state index contributed by atoms with van der Waals surface area (Å²) in [6, 6.07) is 12.9. The first kappa shape index (κ1) is 20.8. The van der Waals surface area contributed by atoms with E-state index in [0.717, 1.165) is 25.5 Å². The molecule has 1 heterocycles. The van der Waals surface area contributed by atoms with E-state index in [1.54, 1.807) is 7.05 Å². The molecule has 0 amide bonds. The van der Waals surface area contributed by atoms with Crippen LogP contribution < -0.4 is 15.5 Å². The Kier molecular flexibility index (Phi) is 9.13. The number of halogens is 1. The standard InChI is InChI=1S/C18H26N4S.HI/c1-5-16-9-10-17(23-16)13-21-18(19-2)20-12-14-7-6-8-15(11-14)22(3)4;/h6-11H,5,12-13H2,1-4H3,(H2,19,20,21);1H. The zero-order chi connectivity index (χ0) is 16.7. The second-order valence-corrected chi connectivity index (χ2v) is 6.82. The highest BCUT2D eigenvalue weighted by Gasteiger charge is 2.02. The van der Waals surface area contributed by atoms with Crippen molar-refractivity contribution in [2.24, 2.45) is 4.99 Å². The minimum Gasteiger partial charge on any atom is -0.378 e. The molecule has 2 aromatic rings. The van der Waals surface area contributed by atoms with Crippen molar-refractivity contribution in [3.63, 3.8) is 0 Å². The maximum atomic E-state index is 4.29. The van der Waals surface area contributed by atoms with Crippen LogP contribution in [-0.2, 0) is 19.5 Å². The lowest BCUT2D eigenvalue weighted by Gasteiger charge is -2.15. The van der Waals surface area contributed by atoms with E-state index < -0.39 is 0 Å². The first-order chi connectivity index (χ1) is 11.1. The highest BCUT2D eigenvalue weighted by Crippen LogP contribution is 2.16. The monoisotopic (exact) mass is 458 g/mol. The van der Waals surface area contributed by atoms with Gasteiger partial charge in [-0.15, -0.1) is 35.3 Å². The third-order valence-electron chi connectivity index (χ3n) is 3.61. The summed E-state index contributed by atoms with van der Waals surface area (Å²) in [6.07, 6.45) is 1.10. The topological polar surface area (TPSA) is 39.7 Å². The van der Waals surface area contributed by atoms with Gasteiger partial charge in [0.15, 0.2) is 5.96 Å². The molecule has 0 bridgehead atoms. The third-order valence-corrected chi connectivity index (χ3v) is 4.84. The Morgan fingerprint density at radius 1 is 1.08 bits per heavy atom. The fraction of sp³-hybridized carbons (Fsp3) is 0.389. The SMILES string of the molecule is CCc1ccc(CNC(=NC)NCc2cccc(N(C)C)c2)s1.I. The highest BCUT2D eigenvalue weighted by atomic mass is 127. The van der Waals surface area contributed by atoms with E-state index in [9.17, 15) is 0 Å². The van der Waals surface area contributed by atoms with Crippen LogP contribution in [-0.4, -0.2) is 27.1 Å². The molecule has 0 spiro atoms. The lowest BCUT2D eigenvalue weighted by Crippen LogP contribution is -2.36. The molecule has 0 fully saturated rings. The molecule has 4 nitrogen and oxygen atoms in total. The molecule has 0 aliphatic carbocycles. The summed E-state index contributed by atoms with van der Waals surface area (Å²) in [7, 11) is 5.91. The number of aryl methyl sites for hydroxylation is 1. The van der Waals surface area contributed by atoms with E-state index in [2.05, 4.69) is 77.9 Å². The average molecular weight is 458 g/mol. The van der Waals surface area contributed by atoms with E-state index in [-0.39, 0.29) is 24.0 Å². The van der Waals surface area contributed by atoms with E-state index in [0.29, 0.717) is 0 Å². The van der Waals surface area contributed by atoms with Gasteiger partial charge in [0.25, 0.3) is 0 Å². The van der Waals surface area contributed by atoms with Crippen LogP contribution in [0.4, 0.5) is 5.69 Å². The third kappa shape index (κ3) is 6.32. The first-order valence-corrected chi connectivity index (χ1v) is 8.72. The van der Waals surface area contributed by atoms with Gasteiger partial charge in [-0.3, -0.25) is 4.99 Å². The number of anilines is 1. The van der Waals surface area contributed by atoms with Gasteiger partial charge < -0.3 is 15.5 Å². The Morgan fingerprint density at radius 3 is 2.42 bits per heavy atom. The summed E-state index contributed by atoms with van der Waals surface area (Å²) in [5.74, 6) is 0.826. The van der Waals surface area contributed by atoms with Gasteiger partial charge in [0.05, 0.1) is 6.54 Å². The molecule has 0 aliphatic rings. The maximum absolute atomic E-state index is 4.29. The fourth-order valence-corrected chi connectivity index (χ4v) is 3.13. The van der Waals surface area contributed by atoms with Crippen LogP contribution in [0.1, 0.15) is 22.2 Å². The van der Waals surface area contributed by atoms with Crippen LogP contribution in [0.3, 0.4) is 0 Å². The Hall–Kier alpha value is -1.28. The summed E-state index contributed by atoms with van der Waals surface area (Å²) < 4.78 is 0. The van der Waals surface area contributed by atoms with Crippen molar-refractivity contribution < 1.29 is 0 Å².